The van der Waals surface area contributed by atoms with Crippen molar-refractivity contribution in [3.05, 3.63) is 256 Å². The molecule has 0 fully saturated rings. The zero-order chi connectivity index (χ0) is 51.0. The zero-order valence-electron chi connectivity index (χ0n) is 39.7. The lowest BCUT2D eigenvalue weighted by molar-refractivity contribution is 0.0919. The second kappa shape index (κ2) is 19.8. The Hall–Kier alpha value is -9.55. The third-order valence-electron chi connectivity index (χ3n) is 13.0. The first-order valence-corrected chi connectivity index (χ1v) is 25.7. The minimum Gasteiger partial charge on any atom is -0.455 e. The molecule has 12 aromatic rings. The molecular weight excluding hydrogens is 973 g/mol. The molecule has 4 aromatic heterocycles. The Kier molecular flexibility index (Phi) is 12.3. The number of carbonyl (C=O) groups excluding carboxylic acids is 5. The fourth-order valence-corrected chi connectivity index (χ4v) is 11.6. The molecule has 4 heterocycles. The number of anilines is 6. The SMILES string of the molecule is O=C1C(=Cc2cc3oc4cc(N(c5ccccc5)c5ccccc5)ccc4c3s2)C(=O)c2ccccc21.O=C1CC(=O)c2ccccc21.O=Cc1cc2oc3cc(N(c4ccccc4)c4ccccc4)ccc3c2s1. The molecule has 360 valence electrons. The largest absolute Gasteiger partial charge is 0.455 e. The van der Waals surface area contributed by atoms with Crippen LogP contribution < -0.4 is 9.80 Å². The highest BCUT2D eigenvalue weighted by atomic mass is 32.1. The number of para-hydroxylation sites is 4. The number of nitrogens with zero attached hydrogens (tertiary/aromatic N) is 2. The average Bonchev–Trinajstić information content (AvgIpc) is 4.32. The molecule has 0 amide bonds. The van der Waals surface area contributed by atoms with Crippen molar-refractivity contribution < 1.29 is 32.8 Å². The first kappa shape index (κ1) is 46.5. The van der Waals surface area contributed by atoms with E-state index in [2.05, 4.69) is 94.7 Å². The standard InChI is InChI=1S/C32H19NO3S.C23H15NO2S.C9H6O2/c34-30-24-13-7-8-14-25(24)31(35)27(30)18-23-19-29-32(37-23)26-16-15-22(17-28(26)36-29)33(20-9-3-1-4-10-20)21-11-5-2-6-12-21;25-15-19-14-22-23(27-19)20-12-11-18(13-21(20)26-22)24(16-7-3-1-4-8-16)17-9-5-2-6-10-17;10-8-5-9(11)7-4-2-1-3-6(7)8/h1-19H;1-15H;1-4H,5H2. The van der Waals surface area contributed by atoms with Gasteiger partial charge in [0.2, 0.25) is 0 Å². The lowest BCUT2D eigenvalue weighted by atomic mass is 10.1. The van der Waals surface area contributed by atoms with Crippen molar-refractivity contribution in [2.75, 3.05) is 9.80 Å². The van der Waals surface area contributed by atoms with Crippen LogP contribution in [0.2, 0.25) is 0 Å². The van der Waals surface area contributed by atoms with Crippen LogP contribution in [0.25, 0.3) is 48.6 Å². The molecule has 0 saturated carbocycles. The highest BCUT2D eigenvalue weighted by Crippen LogP contribution is 2.43. The number of carbonyl (C=O) groups is 5. The molecule has 0 bridgehead atoms. The second-order valence-electron chi connectivity index (χ2n) is 17.7. The van der Waals surface area contributed by atoms with E-state index in [0.29, 0.717) is 27.1 Å². The van der Waals surface area contributed by atoms with E-state index < -0.39 is 0 Å². The van der Waals surface area contributed by atoms with Crippen LogP contribution in [0.3, 0.4) is 0 Å². The van der Waals surface area contributed by atoms with Gasteiger partial charge in [0.1, 0.15) is 22.3 Å². The molecule has 0 unspecified atom stereocenters. The van der Waals surface area contributed by atoms with Gasteiger partial charge in [0, 0.05) is 90.2 Å². The number of ketones is 4. The predicted octanol–water partition coefficient (Wildman–Crippen LogP) is 17.0. The monoisotopic (exact) mass is 1010 g/mol. The zero-order valence-corrected chi connectivity index (χ0v) is 41.3. The number of thiophene rings is 2. The van der Waals surface area contributed by atoms with Crippen molar-refractivity contribution in [1.29, 1.82) is 0 Å². The van der Waals surface area contributed by atoms with Gasteiger partial charge >= 0.3 is 0 Å². The van der Waals surface area contributed by atoms with Crippen LogP contribution in [0, 0.1) is 0 Å². The van der Waals surface area contributed by atoms with E-state index in [-0.39, 0.29) is 35.1 Å². The molecule has 2 aliphatic rings. The van der Waals surface area contributed by atoms with Crippen LogP contribution in [-0.4, -0.2) is 29.4 Å². The molecule has 2 aliphatic carbocycles. The van der Waals surface area contributed by atoms with Crippen LogP contribution in [0.15, 0.2) is 233 Å². The van der Waals surface area contributed by atoms with Gasteiger partial charge in [-0.1, -0.05) is 121 Å². The highest BCUT2D eigenvalue weighted by Gasteiger charge is 2.33. The number of rotatable bonds is 8. The Morgan fingerprint density at radius 2 is 0.733 bits per heavy atom. The van der Waals surface area contributed by atoms with E-state index in [1.165, 1.54) is 22.7 Å². The van der Waals surface area contributed by atoms with E-state index in [0.717, 1.165) is 87.8 Å². The Morgan fingerprint density at radius 3 is 1.13 bits per heavy atom. The van der Waals surface area contributed by atoms with Crippen molar-refractivity contribution in [2.24, 2.45) is 0 Å². The molecule has 8 aromatic carbocycles. The second-order valence-corrected chi connectivity index (χ2v) is 19.9. The summed E-state index contributed by atoms with van der Waals surface area (Å²) in [5.74, 6) is -0.541. The number of fused-ring (bicyclic) bond motifs is 8. The van der Waals surface area contributed by atoms with Gasteiger partial charge in [-0.25, -0.2) is 0 Å². The van der Waals surface area contributed by atoms with Crippen LogP contribution in [0.4, 0.5) is 34.1 Å². The summed E-state index contributed by atoms with van der Waals surface area (Å²) < 4.78 is 14.3. The summed E-state index contributed by atoms with van der Waals surface area (Å²) >= 11 is 2.99. The molecule has 0 radical (unpaired) electrons. The molecule has 9 nitrogen and oxygen atoms in total. The van der Waals surface area contributed by atoms with E-state index in [9.17, 15) is 24.0 Å². The Bertz CT molecular complexity index is 4060. The Labute approximate surface area is 437 Å². The van der Waals surface area contributed by atoms with E-state index in [4.69, 9.17) is 8.83 Å². The topological polar surface area (TPSA) is 118 Å². The Balaban J connectivity index is 0.000000130. The molecule has 0 saturated heterocycles. The van der Waals surface area contributed by atoms with Gasteiger partial charge in [0.15, 0.2) is 29.4 Å². The van der Waals surface area contributed by atoms with Gasteiger partial charge < -0.3 is 18.6 Å². The minimum atomic E-state index is -0.220. The number of allylic oxidation sites excluding steroid dienone is 1. The summed E-state index contributed by atoms with van der Waals surface area (Å²) in [6.45, 7) is 0. The van der Waals surface area contributed by atoms with Gasteiger partial charge in [0.25, 0.3) is 0 Å². The number of furan rings is 2. The first-order chi connectivity index (χ1) is 36.8. The maximum Gasteiger partial charge on any atom is 0.197 e. The molecule has 0 spiro atoms. The third kappa shape index (κ3) is 8.86. The quantitative estimate of drug-likeness (QED) is 0.0634. The third-order valence-corrected chi connectivity index (χ3v) is 15.2. The lowest BCUT2D eigenvalue weighted by Crippen LogP contribution is -2.09. The number of benzene rings is 8. The summed E-state index contributed by atoms with van der Waals surface area (Å²) in [5.41, 5.74) is 11.7. The number of aldehydes is 1. The molecule has 75 heavy (non-hydrogen) atoms. The average molecular weight is 1010 g/mol. The van der Waals surface area contributed by atoms with E-state index in [1.54, 1.807) is 60.7 Å². The van der Waals surface area contributed by atoms with Gasteiger partial charge in [-0.2, -0.15) is 0 Å². The van der Waals surface area contributed by atoms with E-state index >= 15 is 0 Å². The Morgan fingerprint density at radius 1 is 0.373 bits per heavy atom. The van der Waals surface area contributed by atoms with Gasteiger partial charge in [-0.15, -0.1) is 22.7 Å². The summed E-state index contributed by atoms with van der Waals surface area (Å²) in [7, 11) is 0. The van der Waals surface area contributed by atoms with Gasteiger partial charge in [-0.05, 0) is 84.9 Å². The molecular formula is C64H40N2O7S2. The number of hydrogen-bond donors (Lipinski definition) is 0. The number of Topliss-reactive ketones (excluding diaryl/α,β-unsaturated/α-hetero) is 4. The lowest BCUT2D eigenvalue weighted by Gasteiger charge is -2.25. The van der Waals surface area contributed by atoms with Crippen LogP contribution in [0.1, 0.15) is 62.4 Å². The molecule has 14 rings (SSSR count). The van der Waals surface area contributed by atoms with E-state index in [1.807, 2.05) is 78.9 Å². The van der Waals surface area contributed by atoms with Crippen molar-refractivity contribution >= 4 is 135 Å². The molecule has 11 heteroatoms. The van der Waals surface area contributed by atoms with Crippen molar-refractivity contribution in [3.8, 4) is 0 Å². The smallest absolute Gasteiger partial charge is 0.197 e. The molecule has 0 atom stereocenters. The normalized spacial score (nSPS) is 12.6. The first-order valence-electron chi connectivity index (χ1n) is 24.0. The molecule has 0 aliphatic heterocycles. The van der Waals surface area contributed by atoms with Crippen LogP contribution >= 0.6 is 22.7 Å². The van der Waals surface area contributed by atoms with Gasteiger partial charge in [0.05, 0.1) is 26.3 Å². The van der Waals surface area contributed by atoms with Crippen molar-refractivity contribution in [2.45, 2.75) is 6.42 Å². The molecule has 0 N–H and O–H groups in total. The predicted molar refractivity (Wildman–Crippen MR) is 301 cm³/mol. The van der Waals surface area contributed by atoms with Crippen molar-refractivity contribution in [3.63, 3.8) is 0 Å². The van der Waals surface area contributed by atoms with Gasteiger partial charge in [-0.3, -0.25) is 24.0 Å². The van der Waals surface area contributed by atoms with Crippen molar-refractivity contribution in [1.82, 2.24) is 0 Å². The fraction of sp³-hybridized carbons (Fsp3) is 0.0156. The highest BCUT2D eigenvalue weighted by molar-refractivity contribution is 7.21. The van der Waals surface area contributed by atoms with Crippen LogP contribution in [-0.2, 0) is 0 Å². The summed E-state index contributed by atoms with van der Waals surface area (Å²) in [4.78, 5) is 64.6. The maximum absolute atomic E-state index is 12.8. The summed E-state index contributed by atoms with van der Waals surface area (Å²) in [6.07, 6.45) is 2.61. The maximum atomic E-state index is 12.8. The number of hydrogen-bond acceptors (Lipinski definition) is 11. The van der Waals surface area contributed by atoms with Crippen LogP contribution in [0.5, 0.6) is 0 Å². The summed E-state index contributed by atoms with van der Waals surface area (Å²) in [5, 5.41) is 2.04. The summed E-state index contributed by atoms with van der Waals surface area (Å²) in [6, 6.07) is 71.1. The fourth-order valence-electron chi connectivity index (χ4n) is 9.58. The minimum absolute atomic E-state index is 0.0504.